The van der Waals surface area contributed by atoms with E-state index < -0.39 is 5.97 Å². The lowest BCUT2D eigenvalue weighted by Gasteiger charge is -2.08. The van der Waals surface area contributed by atoms with E-state index in [9.17, 15) is 4.79 Å². The van der Waals surface area contributed by atoms with Crippen LogP contribution in [-0.4, -0.2) is 15.4 Å². The van der Waals surface area contributed by atoms with E-state index in [-0.39, 0.29) is 6.61 Å². The molecule has 140 valence electrons. The van der Waals surface area contributed by atoms with Gasteiger partial charge in [0, 0.05) is 6.20 Å². The Labute approximate surface area is 168 Å². The summed E-state index contributed by atoms with van der Waals surface area (Å²) < 4.78 is 7.26. The Kier molecular flexibility index (Phi) is 5.13. The average Bonchev–Trinajstić information content (AvgIpc) is 3.11. The standard InChI is InChI=1S/C23H19ClN2O2/c1-2-20-22(26-14-19(24)12-13-21(26)25-20)23(27)28-15-16-8-10-18(11-9-16)17-6-4-3-5-7-17/h3-14H,2,15H2,1H3. The van der Waals surface area contributed by atoms with Crippen molar-refractivity contribution < 1.29 is 9.53 Å². The van der Waals surface area contributed by atoms with Crippen molar-refractivity contribution in [3.63, 3.8) is 0 Å². The summed E-state index contributed by atoms with van der Waals surface area (Å²) >= 11 is 6.09. The minimum Gasteiger partial charge on any atom is -0.456 e. The minimum absolute atomic E-state index is 0.199. The average molecular weight is 391 g/mol. The number of hydrogen-bond acceptors (Lipinski definition) is 3. The SMILES string of the molecule is CCc1nc2ccc(Cl)cn2c1C(=O)OCc1ccc(-c2ccccc2)cc1. The lowest BCUT2D eigenvalue weighted by atomic mass is 10.0. The van der Waals surface area contributed by atoms with E-state index in [1.165, 1.54) is 0 Å². The Bertz CT molecular complexity index is 1120. The molecule has 0 atom stereocenters. The number of carbonyl (C=O) groups is 1. The molecule has 0 fully saturated rings. The van der Waals surface area contributed by atoms with Crippen LogP contribution >= 0.6 is 11.6 Å². The molecule has 0 N–H and O–H groups in total. The third-order valence-electron chi connectivity index (χ3n) is 4.61. The summed E-state index contributed by atoms with van der Waals surface area (Å²) in [7, 11) is 0. The second kappa shape index (κ2) is 7.87. The monoisotopic (exact) mass is 390 g/mol. The summed E-state index contributed by atoms with van der Waals surface area (Å²) in [5.74, 6) is -0.404. The molecule has 28 heavy (non-hydrogen) atoms. The van der Waals surface area contributed by atoms with Crippen molar-refractivity contribution in [2.75, 3.05) is 0 Å². The quantitative estimate of drug-likeness (QED) is 0.418. The molecule has 0 radical (unpaired) electrons. The Hall–Kier alpha value is -3.11. The number of ether oxygens (including phenoxy) is 1. The largest absolute Gasteiger partial charge is 0.456 e. The third-order valence-corrected chi connectivity index (χ3v) is 4.84. The van der Waals surface area contributed by atoms with Crippen molar-refractivity contribution in [2.45, 2.75) is 20.0 Å². The molecule has 4 aromatic rings. The van der Waals surface area contributed by atoms with E-state index in [0.29, 0.717) is 28.5 Å². The molecule has 0 aliphatic carbocycles. The molecule has 4 nitrogen and oxygen atoms in total. The molecular formula is C23H19ClN2O2. The van der Waals surface area contributed by atoms with Crippen LogP contribution in [0, 0.1) is 0 Å². The lowest BCUT2D eigenvalue weighted by molar-refractivity contribution is 0.0463. The summed E-state index contributed by atoms with van der Waals surface area (Å²) in [6.45, 7) is 2.16. The van der Waals surface area contributed by atoms with Gasteiger partial charge in [0.05, 0.1) is 10.7 Å². The molecular weight excluding hydrogens is 372 g/mol. The zero-order chi connectivity index (χ0) is 19.5. The molecule has 0 aliphatic heterocycles. The zero-order valence-electron chi connectivity index (χ0n) is 15.4. The molecule has 0 saturated heterocycles. The normalized spacial score (nSPS) is 10.9. The number of nitrogens with zero attached hydrogens (tertiary/aromatic N) is 2. The fourth-order valence-corrected chi connectivity index (χ4v) is 3.33. The van der Waals surface area contributed by atoms with Crippen LogP contribution in [0.2, 0.25) is 5.02 Å². The second-order valence-corrected chi connectivity index (χ2v) is 6.91. The minimum atomic E-state index is -0.404. The topological polar surface area (TPSA) is 43.6 Å². The highest BCUT2D eigenvalue weighted by Gasteiger charge is 2.20. The fraction of sp³-hybridized carbons (Fsp3) is 0.130. The number of esters is 1. The molecule has 0 unspecified atom stereocenters. The van der Waals surface area contributed by atoms with Gasteiger partial charge in [0.1, 0.15) is 12.3 Å². The first kappa shape index (κ1) is 18.3. The highest BCUT2D eigenvalue weighted by molar-refractivity contribution is 6.30. The Morgan fingerprint density at radius 3 is 2.43 bits per heavy atom. The maximum absolute atomic E-state index is 12.7. The molecule has 0 amide bonds. The molecule has 4 rings (SSSR count). The number of halogens is 1. The van der Waals surface area contributed by atoms with Crippen molar-refractivity contribution in [1.29, 1.82) is 0 Å². The highest BCUT2D eigenvalue weighted by Crippen LogP contribution is 2.21. The fourth-order valence-electron chi connectivity index (χ4n) is 3.17. The first-order valence-corrected chi connectivity index (χ1v) is 9.51. The second-order valence-electron chi connectivity index (χ2n) is 6.48. The van der Waals surface area contributed by atoms with Gasteiger partial charge in [-0.2, -0.15) is 0 Å². The maximum Gasteiger partial charge on any atom is 0.357 e. The van der Waals surface area contributed by atoms with Gasteiger partial charge in [-0.05, 0) is 35.2 Å². The number of imidazole rings is 1. The van der Waals surface area contributed by atoms with Gasteiger partial charge in [-0.1, -0.05) is 73.1 Å². The van der Waals surface area contributed by atoms with Crippen molar-refractivity contribution in [3.05, 3.63) is 94.9 Å². The van der Waals surface area contributed by atoms with E-state index in [1.54, 1.807) is 22.7 Å². The number of fused-ring (bicyclic) bond motifs is 1. The predicted molar refractivity (Wildman–Crippen MR) is 111 cm³/mol. The Morgan fingerprint density at radius 1 is 1.00 bits per heavy atom. The van der Waals surface area contributed by atoms with E-state index in [1.807, 2.05) is 49.4 Å². The molecule has 0 spiro atoms. The predicted octanol–water partition coefficient (Wildman–Crippen LogP) is 5.57. The molecule has 0 bridgehead atoms. The number of pyridine rings is 1. The van der Waals surface area contributed by atoms with Crippen LogP contribution in [0.5, 0.6) is 0 Å². The van der Waals surface area contributed by atoms with Gasteiger partial charge in [-0.15, -0.1) is 0 Å². The van der Waals surface area contributed by atoms with E-state index >= 15 is 0 Å². The number of hydrogen-bond donors (Lipinski definition) is 0. The Morgan fingerprint density at radius 2 is 1.71 bits per heavy atom. The molecule has 2 aromatic heterocycles. The summed E-state index contributed by atoms with van der Waals surface area (Å²) in [4.78, 5) is 17.2. The van der Waals surface area contributed by atoms with Crippen molar-refractivity contribution >= 4 is 23.2 Å². The smallest absolute Gasteiger partial charge is 0.357 e. The van der Waals surface area contributed by atoms with Crippen LogP contribution < -0.4 is 0 Å². The highest BCUT2D eigenvalue weighted by atomic mass is 35.5. The Balaban J connectivity index is 1.52. The van der Waals surface area contributed by atoms with Crippen molar-refractivity contribution in [1.82, 2.24) is 9.38 Å². The molecule has 0 aliphatic rings. The molecule has 0 saturated carbocycles. The first-order valence-electron chi connectivity index (χ1n) is 9.13. The number of aromatic nitrogens is 2. The van der Waals surface area contributed by atoms with Crippen molar-refractivity contribution in [2.24, 2.45) is 0 Å². The van der Waals surface area contributed by atoms with Gasteiger partial charge < -0.3 is 4.74 Å². The third kappa shape index (κ3) is 3.64. The van der Waals surface area contributed by atoms with E-state index in [2.05, 4.69) is 17.1 Å². The number of rotatable bonds is 5. The van der Waals surface area contributed by atoms with Crippen LogP contribution in [0.3, 0.4) is 0 Å². The van der Waals surface area contributed by atoms with E-state index in [0.717, 1.165) is 16.7 Å². The van der Waals surface area contributed by atoms with Gasteiger partial charge in [0.15, 0.2) is 5.69 Å². The van der Waals surface area contributed by atoms with Gasteiger partial charge >= 0.3 is 5.97 Å². The van der Waals surface area contributed by atoms with Crippen LogP contribution in [0.15, 0.2) is 72.9 Å². The first-order chi connectivity index (χ1) is 13.7. The summed E-state index contributed by atoms with van der Waals surface area (Å²) in [6, 6.07) is 21.7. The molecule has 5 heteroatoms. The summed E-state index contributed by atoms with van der Waals surface area (Å²) in [5.41, 5.74) is 5.02. The van der Waals surface area contributed by atoms with Gasteiger partial charge in [0.25, 0.3) is 0 Å². The lowest BCUT2D eigenvalue weighted by Crippen LogP contribution is -2.10. The number of benzene rings is 2. The van der Waals surface area contributed by atoms with E-state index in [4.69, 9.17) is 16.3 Å². The van der Waals surface area contributed by atoms with Gasteiger partial charge in [0.2, 0.25) is 0 Å². The zero-order valence-corrected chi connectivity index (χ0v) is 16.2. The molecule has 2 heterocycles. The van der Waals surface area contributed by atoms with Gasteiger partial charge in [-0.3, -0.25) is 4.40 Å². The number of carbonyl (C=O) groups excluding carboxylic acids is 1. The van der Waals surface area contributed by atoms with Crippen LogP contribution in [0.25, 0.3) is 16.8 Å². The molecule has 2 aromatic carbocycles. The maximum atomic E-state index is 12.7. The summed E-state index contributed by atoms with van der Waals surface area (Å²) in [5, 5.41) is 0.540. The number of aryl methyl sites for hydroxylation is 1. The van der Waals surface area contributed by atoms with Crippen LogP contribution in [-0.2, 0) is 17.8 Å². The van der Waals surface area contributed by atoms with Crippen LogP contribution in [0.4, 0.5) is 0 Å². The van der Waals surface area contributed by atoms with Crippen molar-refractivity contribution in [3.8, 4) is 11.1 Å². The summed E-state index contributed by atoms with van der Waals surface area (Å²) in [6.07, 6.45) is 2.32. The van der Waals surface area contributed by atoms with Crippen LogP contribution in [0.1, 0.15) is 28.7 Å². The van der Waals surface area contributed by atoms with Gasteiger partial charge in [-0.25, -0.2) is 9.78 Å².